The number of benzene rings is 2. The van der Waals surface area contributed by atoms with Crippen LogP contribution in [0.1, 0.15) is 16.7 Å². The Morgan fingerprint density at radius 2 is 1.96 bits per heavy atom. The number of para-hydroxylation sites is 1. The highest BCUT2D eigenvalue weighted by Crippen LogP contribution is 2.37. The lowest BCUT2D eigenvalue weighted by molar-refractivity contribution is -0.385. The van der Waals surface area contributed by atoms with Crippen molar-refractivity contribution in [2.24, 2.45) is 0 Å². The topological polar surface area (TPSA) is 89.8 Å². The largest absolute Gasteiger partial charge is 0.490 e. The first-order valence-electron chi connectivity index (χ1n) is 8.03. The van der Waals surface area contributed by atoms with Crippen molar-refractivity contribution in [1.82, 2.24) is 4.90 Å². The molecule has 138 valence electrons. The molecule has 0 radical (unpaired) electrons. The fourth-order valence-electron chi connectivity index (χ4n) is 2.79. The van der Waals surface area contributed by atoms with Crippen LogP contribution >= 0.6 is 11.8 Å². The fraction of sp³-hybridized carbons (Fsp3) is 0.158. The molecule has 2 aromatic rings. The highest BCUT2D eigenvalue weighted by molar-refractivity contribution is 8.18. The van der Waals surface area contributed by atoms with Gasteiger partial charge in [0.05, 0.1) is 23.5 Å². The van der Waals surface area contributed by atoms with Gasteiger partial charge >= 0.3 is 5.69 Å². The number of carbonyl (C=O) groups excluding carboxylic acids is 2. The summed E-state index contributed by atoms with van der Waals surface area (Å²) in [6, 6.07) is 12.0. The molecule has 2 amide bonds. The van der Waals surface area contributed by atoms with Crippen molar-refractivity contribution in [1.29, 1.82) is 0 Å². The number of nitro benzene ring substituents is 1. The summed E-state index contributed by atoms with van der Waals surface area (Å²) >= 11 is 0.807. The zero-order valence-corrected chi connectivity index (χ0v) is 15.5. The maximum Gasteiger partial charge on any atom is 0.311 e. The second-order valence-corrected chi connectivity index (χ2v) is 6.91. The van der Waals surface area contributed by atoms with Crippen LogP contribution in [0.5, 0.6) is 5.75 Å². The van der Waals surface area contributed by atoms with E-state index in [0.717, 1.165) is 27.8 Å². The van der Waals surface area contributed by atoms with Crippen molar-refractivity contribution in [2.75, 3.05) is 7.11 Å². The van der Waals surface area contributed by atoms with Gasteiger partial charge in [-0.05, 0) is 30.3 Å². The monoisotopic (exact) mass is 384 g/mol. The highest BCUT2D eigenvalue weighted by Gasteiger charge is 2.35. The summed E-state index contributed by atoms with van der Waals surface area (Å²) in [5.41, 5.74) is 2.06. The van der Waals surface area contributed by atoms with Crippen LogP contribution in [0, 0.1) is 17.0 Å². The summed E-state index contributed by atoms with van der Waals surface area (Å²) in [5.74, 6) is -0.381. The molecule has 2 aromatic carbocycles. The normalized spacial score (nSPS) is 15.5. The van der Waals surface area contributed by atoms with Crippen LogP contribution in [0.25, 0.3) is 6.08 Å². The predicted molar refractivity (Wildman–Crippen MR) is 102 cm³/mol. The Hall–Kier alpha value is -3.13. The lowest BCUT2D eigenvalue weighted by Crippen LogP contribution is -2.27. The standard InChI is InChI=1S/C19H16N2O5S/c1-12-5-3-6-13(9-12)11-20-18(22)16(27-19(20)23)10-14-7-4-8-15(21(24)25)17(14)26-2/h3-10H,11H2,1-2H3/b16-10-. The molecule has 27 heavy (non-hydrogen) atoms. The minimum Gasteiger partial charge on any atom is -0.490 e. The van der Waals surface area contributed by atoms with Gasteiger partial charge in [-0.25, -0.2) is 0 Å². The van der Waals surface area contributed by atoms with Gasteiger partial charge in [0.1, 0.15) is 0 Å². The first kappa shape index (κ1) is 18.7. The van der Waals surface area contributed by atoms with E-state index < -0.39 is 10.8 Å². The second-order valence-electron chi connectivity index (χ2n) is 5.91. The molecule has 8 heteroatoms. The number of rotatable bonds is 5. The van der Waals surface area contributed by atoms with Crippen molar-refractivity contribution in [3.05, 3.63) is 74.2 Å². The molecule has 0 aromatic heterocycles. The minimum absolute atomic E-state index is 0.0491. The number of hydrogen-bond acceptors (Lipinski definition) is 6. The Morgan fingerprint density at radius 3 is 2.63 bits per heavy atom. The van der Waals surface area contributed by atoms with E-state index in [0.29, 0.717) is 5.56 Å². The molecule has 0 aliphatic carbocycles. The Bertz CT molecular complexity index is 970. The summed E-state index contributed by atoms with van der Waals surface area (Å²) < 4.78 is 5.14. The quantitative estimate of drug-likeness (QED) is 0.437. The number of thioether (sulfide) groups is 1. The summed E-state index contributed by atoms with van der Waals surface area (Å²) in [7, 11) is 1.32. The number of aryl methyl sites for hydroxylation is 1. The molecule has 0 saturated carbocycles. The summed E-state index contributed by atoms with van der Waals surface area (Å²) in [6.45, 7) is 2.11. The summed E-state index contributed by atoms with van der Waals surface area (Å²) in [6.07, 6.45) is 1.45. The third kappa shape index (κ3) is 3.85. The molecule has 1 fully saturated rings. The van der Waals surface area contributed by atoms with Gasteiger partial charge in [-0.2, -0.15) is 0 Å². The van der Waals surface area contributed by atoms with E-state index in [2.05, 4.69) is 0 Å². The molecule has 0 unspecified atom stereocenters. The van der Waals surface area contributed by atoms with E-state index in [4.69, 9.17) is 4.74 Å². The molecule has 1 aliphatic rings. The lowest BCUT2D eigenvalue weighted by Gasteiger charge is -2.12. The van der Waals surface area contributed by atoms with Crippen molar-refractivity contribution in [3.8, 4) is 5.75 Å². The van der Waals surface area contributed by atoms with Crippen LogP contribution in [0.4, 0.5) is 10.5 Å². The van der Waals surface area contributed by atoms with Crippen molar-refractivity contribution in [3.63, 3.8) is 0 Å². The van der Waals surface area contributed by atoms with Crippen LogP contribution in [-0.4, -0.2) is 28.1 Å². The minimum atomic E-state index is -0.556. The maximum absolute atomic E-state index is 12.7. The number of carbonyl (C=O) groups is 2. The van der Waals surface area contributed by atoms with Gasteiger partial charge in [0.15, 0.2) is 0 Å². The van der Waals surface area contributed by atoms with Crippen LogP contribution in [0.15, 0.2) is 47.4 Å². The Kier molecular flexibility index (Phi) is 5.27. The predicted octanol–water partition coefficient (Wildman–Crippen LogP) is 4.15. The number of ether oxygens (including phenoxy) is 1. The molecule has 0 N–H and O–H groups in total. The molecule has 1 heterocycles. The first-order chi connectivity index (χ1) is 12.9. The summed E-state index contributed by atoms with van der Waals surface area (Å²) in [5, 5.41) is 10.8. The van der Waals surface area contributed by atoms with E-state index in [9.17, 15) is 19.7 Å². The molecule has 0 spiro atoms. The Balaban J connectivity index is 1.91. The fourth-order valence-corrected chi connectivity index (χ4v) is 3.62. The van der Waals surface area contributed by atoms with Gasteiger partial charge in [-0.15, -0.1) is 0 Å². The molecular weight excluding hydrogens is 368 g/mol. The molecule has 7 nitrogen and oxygen atoms in total. The maximum atomic E-state index is 12.7. The zero-order chi connectivity index (χ0) is 19.6. The number of hydrogen-bond donors (Lipinski definition) is 0. The lowest BCUT2D eigenvalue weighted by atomic mass is 10.1. The molecule has 1 saturated heterocycles. The van der Waals surface area contributed by atoms with Gasteiger partial charge in [0, 0.05) is 11.6 Å². The number of nitro groups is 1. The number of amides is 2. The van der Waals surface area contributed by atoms with Gasteiger partial charge in [0.25, 0.3) is 11.1 Å². The molecule has 3 rings (SSSR count). The van der Waals surface area contributed by atoms with E-state index in [1.807, 2.05) is 31.2 Å². The van der Waals surface area contributed by atoms with E-state index in [1.54, 1.807) is 6.07 Å². The smallest absolute Gasteiger partial charge is 0.311 e. The third-order valence-corrected chi connectivity index (χ3v) is 4.92. The summed E-state index contributed by atoms with van der Waals surface area (Å²) in [4.78, 5) is 36.9. The molecular formula is C19H16N2O5S. The Labute approximate surface area is 159 Å². The van der Waals surface area contributed by atoms with E-state index in [1.165, 1.54) is 25.3 Å². The van der Waals surface area contributed by atoms with Gasteiger partial charge in [-0.1, -0.05) is 42.0 Å². The van der Waals surface area contributed by atoms with Crippen LogP contribution in [0.3, 0.4) is 0 Å². The average Bonchev–Trinajstić information content (AvgIpc) is 2.89. The van der Waals surface area contributed by atoms with Crippen LogP contribution < -0.4 is 4.74 Å². The van der Waals surface area contributed by atoms with E-state index >= 15 is 0 Å². The number of methoxy groups -OCH3 is 1. The molecule has 0 bridgehead atoms. The van der Waals surface area contributed by atoms with Gasteiger partial charge in [-0.3, -0.25) is 24.6 Å². The number of imide groups is 1. The Morgan fingerprint density at radius 1 is 1.22 bits per heavy atom. The third-order valence-electron chi connectivity index (χ3n) is 4.01. The van der Waals surface area contributed by atoms with Crippen molar-refractivity contribution in [2.45, 2.75) is 13.5 Å². The zero-order valence-electron chi connectivity index (χ0n) is 14.7. The second kappa shape index (κ2) is 7.63. The molecule has 0 atom stereocenters. The van der Waals surface area contributed by atoms with Crippen molar-refractivity contribution < 1.29 is 19.2 Å². The van der Waals surface area contributed by atoms with Crippen molar-refractivity contribution >= 4 is 34.7 Å². The average molecular weight is 384 g/mol. The van der Waals surface area contributed by atoms with E-state index in [-0.39, 0.29) is 28.1 Å². The van der Waals surface area contributed by atoms with Gasteiger partial charge in [0.2, 0.25) is 5.75 Å². The van der Waals surface area contributed by atoms with Gasteiger partial charge < -0.3 is 4.74 Å². The first-order valence-corrected chi connectivity index (χ1v) is 8.84. The number of nitrogens with zero attached hydrogens (tertiary/aromatic N) is 2. The van der Waals surface area contributed by atoms with Crippen LogP contribution in [-0.2, 0) is 11.3 Å². The SMILES string of the molecule is COc1c(/C=C2\SC(=O)N(Cc3cccc(C)c3)C2=O)cccc1[N+](=O)[O-]. The van der Waals surface area contributed by atoms with Crippen LogP contribution in [0.2, 0.25) is 0 Å². The highest BCUT2D eigenvalue weighted by atomic mass is 32.2. The molecule has 1 aliphatic heterocycles.